The summed E-state index contributed by atoms with van der Waals surface area (Å²) in [6.07, 6.45) is 1.99. The summed E-state index contributed by atoms with van der Waals surface area (Å²) in [6.45, 7) is 1.97. The van der Waals surface area contributed by atoms with E-state index in [0.717, 1.165) is 25.0 Å². The van der Waals surface area contributed by atoms with Gasteiger partial charge in [-0.3, -0.25) is 10.1 Å². The molecule has 1 aromatic carbocycles. The molecule has 0 bridgehead atoms. The maximum Gasteiger partial charge on any atom is 0.322 e. The van der Waals surface area contributed by atoms with Crippen molar-refractivity contribution in [1.82, 2.24) is 10.2 Å². The molecule has 1 amide bonds. The summed E-state index contributed by atoms with van der Waals surface area (Å²) in [7, 11) is 0. The first-order chi connectivity index (χ1) is 9.60. The summed E-state index contributed by atoms with van der Waals surface area (Å²) in [5.41, 5.74) is -0.0204. The number of halogens is 2. The molecule has 7 heteroatoms. The lowest BCUT2D eigenvalue weighted by molar-refractivity contribution is -0.116. The molecule has 0 aliphatic rings. The van der Waals surface area contributed by atoms with E-state index in [9.17, 15) is 13.6 Å². The van der Waals surface area contributed by atoms with Gasteiger partial charge in [0.25, 0.3) is 5.89 Å². The highest BCUT2D eigenvalue weighted by molar-refractivity contribution is 5.88. The number of hydrogen-bond donors (Lipinski definition) is 1. The van der Waals surface area contributed by atoms with Gasteiger partial charge in [-0.05, 0) is 18.6 Å². The maximum absolute atomic E-state index is 13.5. The van der Waals surface area contributed by atoms with Gasteiger partial charge in [-0.25, -0.2) is 8.78 Å². The van der Waals surface area contributed by atoms with Crippen LogP contribution >= 0.6 is 0 Å². The molecule has 0 fully saturated rings. The van der Waals surface area contributed by atoms with Gasteiger partial charge in [0.15, 0.2) is 0 Å². The summed E-state index contributed by atoms with van der Waals surface area (Å²) in [5, 5.41) is 9.63. The predicted molar refractivity (Wildman–Crippen MR) is 67.8 cm³/mol. The van der Waals surface area contributed by atoms with Crippen molar-refractivity contribution in [3.63, 3.8) is 0 Å². The van der Waals surface area contributed by atoms with Crippen LogP contribution < -0.4 is 5.32 Å². The fraction of sp³-hybridized carbons (Fsp3) is 0.308. The van der Waals surface area contributed by atoms with Crippen molar-refractivity contribution in [3.05, 3.63) is 29.8 Å². The molecule has 0 spiro atoms. The Morgan fingerprint density at radius 1 is 1.35 bits per heavy atom. The molecule has 0 aliphatic carbocycles. The first kappa shape index (κ1) is 14.1. The normalized spacial score (nSPS) is 10.6. The van der Waals surface area contributed by atoms with Crippen molar-refractivity contribution < 1.29 is 18.0 Å². The Labute approximate surface area is 114 Å². The van der Waals surface area contributed by atoms with Gasteiger partial charge in [0, 0.05) is 12.5 Å². The average Bonchev–Trinajstić information content (AvgIpc) is 2.84. The summed E-state index contributed by atoms with van der Waals surface area (Å²) < 4.78 is 31.4. The zero-order valence-electron chi connectivity index (χ0n) is 10.8. The summed E-state index contributed by atoms with van der Waals surface area (Å²) in [5.74, 6) is -1.87. The van der Waals surface area contributed by atoms with E-state index < -0.39 is 11.6 Å². The van der Waals surface area contributed by atoms with Crippen LogP contribution in [0.4, 0.5) is 14.8 Å². The molecule has 1 aromatic heterocycles. The van der Waals surface area contributed by atoms with Crippen LogP contribution in [0.25, 0.3) is 11.5 Å². The van der Waals surface area contributed by atoms with Gasteiger partial charge in [0.05, 0.1) is 5.56 Å². The van der Waals surface area contributed by atoms with E-state index in [1.165, 1.54) is 6.07 Å². The van der Waals surface area contributed by atoms with Crippen molar-refractivity contribution in [1.29, 1.82) is 0 Å². The molecule has 2 rings (SSSR count). The lowest BCUT2D eigenvalue weighted by atomic mass is 10.2. The largest absolute Gasteiger partial charge is 0.403 e. The van der Waals surface area contributed by atoms with Crippen LogP contribution in [-0.2, 0) is 4.79 Å². The van der Waals surface area contributed by atoms with Crippen LogP contribution in [0.1, 0.15) is 26.2 Å². The SMILES string of the molecule is CCCCC(=O)Nc1nnc(-c2ccc(F)cc2F)o1. The Kier molecular flexibility index (Phi) is 4.39. The number of hydrogen-bond acceptors (Lipinski definition) is 4. The van der Waals surface area contributed by atoms with Gasteiger partial charge < -0.3 is 4.42 Å². The Balaban J connectivity index is 2.10. The van der Waals surface area contributed by atoms with Crippen molar-refractivity contribution in [3.8, 4) is 11.5 Å². The Morgan fingerprint density at radius 3 is 2.85 bits per heavy atom. The van der Waals surface area contributed by atoms with E-state index in [1.54, 1.807) is 0 Å². The zero-order valence-corrected chi connectivity index (χ0v) is 10.8. The van der Waals surface area contributed by atoms with Crippen LogP contribution in [0.2, 0.25) is 0 Å². The molecule has 0 unspecified atom stereocenters. The molecule has 0 aliphatic heterocycles. The number of anilines is 1. The summed E-state index contributed by atoms with van der Waals surface area (Å²) >= 11 is 0. The zero-order chi connectivity index (χ0) is 14.5. The number of nitrogens with one attached hydrogen (secondary N) is 1. The van der Waals surface area contributed by atoms with Crippen LogP contribution in [0.3, 0.4) is 0 Å². The molecule has 0 saturated heterocycles. The van der Waals surface area contributed by atoms with Crippen LogP contribution in [-0.4, -0.2) is 16.1 Å². The molecule has 20 heavy (non-hydrogen) atoms. The molecule has 1 N–H and O–H groups in total. The van der Waals surface area contributed by atoms with Gasteiger partial charge in [-0.15, -0.1) is 5.10 Å². The smallest absolute Gasteiger partial charge is 0.322 e. The number of carbonyl (C=O) groups excluding carboxylic acids is 1. The molecule has 0 radical (unpaired) electrons. The molecule has 1 heterocycles. The van der Waals surface area contributed by atoms with Gasteiger partial charge in [0.1, 0.15) is 11.6 Å². The van der Waals surface area contributed by atoms with Crippen molar-refractivity contribution in [2.45, 2.75) is 26.2 Å². The third kappa shape index (κ3) is 3.37. The van der Waals surface area contributed by atoms with Crippen molar-refractivity contribution >= 4 is 11.9 Å². The first-order valence-electron chi connectivity index (χ1n) is 6.19. The number of carbonyl (C=O) groups is 1. The van der Waals surface area contributed by atoms with E-state index >= 15 is 0 Å². The van der Waals surface area contributed by atoms with E-state index in [-0.39, 0.29) is 23.4 Å². The summed E-state index contributed by atoms with van der Waals surface area (Å²) in [4.78, 5) is 11.5. The predicted octanol–water partition coefficient (Wildman–Crippen LogP) is 3.14. The first-order valence-corrected chi connectivity index (χ1v) is 6.19. The Bertz CT molecular complexity index is 613. The fourth-order valence-electron chi connectivity index (χ4n) is 1.56. The number of benzene rings is 1. The number of nitrogens with zero attached hydrogens (tertiary/aromatic N) is 2. The molecule has 2 aromatic rings. The molecule has 106 valence electrons. The topological polar surface area (TPSA) is 68.0 Å². The Hall–Kier alpha value is -2.31. The molecule has 0 atom stereocenters. The average molecular weight is 281 g/mol. The lowest BCUT2D eigenvalue weighted by Gasteiger charge is -1.99. The number of unbranched alkanes of at least 4 members (excludes halogenated alkanes) is 1. The van der Waals surface area contributed by atoms with E-state index in [1.807, 2.05) is 6.92 Å². The van der Waals surface area contributed by atoms with Crippen molar-refractivity contribution in [2.75, 3.05) is 5.32 Å². The standard InChI is InChI=1S/C13H13F2N3O2/c1-2-3-4-11(19)16-13-18-17-12(20-13)9-6-5-8(14)7-10(9)15/h5-7H,2-4H2,1H3,(H,16,18,19). The Morgan fingerprint density at radius 2 is 2.15 bits per heavy atom. The molecule has 5 nitrogen and oxygen atoms in total. The number of amides is 1. The second kappa shape index (κ2) is 6.23. The molecular weight excluding hydrogens is 268 g/mol. The van der Waals surface area contributed by atoms with E-state index in [2.05, 4.69) is 15.5 Å². The van der Waals surface area contributed by atoms with Crippen molar-refractivity contribution in [2.24, 2.45) is 0 Å². The fourth-order valence-corrected chi connectivity index (χ4v) is 1.56. The highest BCUT2D eigenvalue weighted by Crippen LogP contribution is 2.23. The quantitative estimate of drug-likeness (QED) is 0.914. The third-order valence-electron chi connectivity index (χ3n) is 2.59. The van der Waals surface area contributed by atoms with Crippen LogP contribution in [0.15, 0.2) is 22.6 Å². The van der Waals surface area contributed by atoms with Gasteiger partial charge in [-0.2, -0.15) is 0 Å². The minimum absolute atomic E-state index is 0.0204. The minimum atomic E-state index is -0.808. The second-order valence-electron chi connectivity index (χ2n) is 4.19. The number of rotatable bonds is 5. The van der Waals surface area contributed by atoms with Crippen LogP contribution in [0.5, 0.6) is 0 Å². The minimum Gasteiger partial charge on any atom is -0.403 e. The monoisotopic (exact) mass is 281 g/mol. The van der Waals surface area contributed by atoms with Gasteiger partial charge in [0.2, 0.25) is 5.91 Å². The third-order valence-corrected chi connectivity index (χ3v) is 2.59. The van der Waals surface area contributed by atoms with Crippen LogP contribution in [0, 0.1) is 11.6 Å². The highest BCUT2D eigenvalue weighted by Gasteiger charge is 2.14. The van der Waals surface area contributed by atoms with Gasteiger partial charge in [-0.1, -0.05) is 18.4 Å². The van der Waals surface area contributed by atoms with E-state index in [4.69, 9.17) is 4.42 Å². The second-order valence-corrected chi connectivity index (χ2v) is 4.19. The molecule has 0 saturated carbocycles. The van der Waals surface area contributed by atoms with E-state index in [0.29, 0.717) is 6.42 Å². The molecular formula is C13H13F2N3O2. The summed E-state index contributed by atoms with van der Waals surface area (Å²) in [6, 6.07) is 2.90. The van der Waals surface area contributed by atoms with Gasteiger partial charge >= 0.3 is 6.01 Å². The number of aromatic nitrogens is 2. The maximum atomic E-state index is 13.5. The lowest BCUT2D eigenvalue weighted by Crippen LogP contribution is -2.11. The highest BCUT2D eigenvalue weighted by atomic mass is 19.1.